The number of hydrogen-bond acceptors (Lipinski definition) is 4. The van der Waals surface area contributed by atoms with Crippen molar-refractivity contribution in [3.63, 3.8) is 0 Å². The van der Waals surface area contributed by atoms with Gasteiger partial charge in [-0.15, -0.1) is 0 Å². The molecule has 1 aliphatic rings. The molecule has 1 heterocycles. The highest BCUT2D eigenvalue weighted by atomic mass is 16.6. The summed E-state index contributed by atoms with van der Waals surface area (Å²) < 4.78 is 0. The van der Waals surface area contributed by atoms with Gasteiger partial charge in [-0.25, -0.2) is 0 Å². The fourth-order valence-electron chi connectivity index (χ4n) is 2.54. The molecule has 0 spiro atoms. The number of non-ortho nitro benzene ring substituents is 1. The van der Waals surface area contributed by atoms with Gasteiger partial charge in [0.2, 0.25) is 0 Å². The van der Waals surface area contributed by atoms with Crippen LogP contribution in [0.5, 0.6) is 0 Å². The van der Waals surface area contributed by atoms with Gasteiger partial charge < -0.3 is 5.32 Å². The summed E-state index contributed by atoms with van der Waals surface area (Å²) in [4.78, 5) is 15.0. The number of aryl methyl sites for hydroxylation is 1. The summed E-state index contributed by atoms with van der Waals surface area (Å²) in [7, 11) is 0. The zero-order valence-corrected chi connectivity index (χ0v) is 11.6. The summed E-state index contributed by atoms with van der Waals surface area (Å²) in [5, 5.41) is 15.2. The molecule has 0 radical (unpaired) electrons. The Labute approximate surface area is 117 Å². The van der Waals surface area contributed by atoms with E-state index in [1.165, 1.54) is 18.9 Å². The van der Waals surface area contributed by atoms with E-state index in [1.54, 1.807) is 12.1 Å². The number of benzene rings is 1. The second-order valence-electron chi connectivity index (χ2n) is 5.54. The second-order valence-corrected chi connectivity index (χ2v) is 5.54. The molecule has 1 unspecified atom stereocenters. The Kier molecular flexibility index (Phi) is 3.04. The summed E-state index contributed by atoms with van der Waals surface area (Å²) >= 11 is 0. The van der Waals surface area contributed by atoms with Crippen LogP contribution in [0.15, 0.2) is 24.3 Å². The van der Waals surface area contributed by atoms with Crippen molar-refractivity contribution in [2.24, 2.45) is 5.92 Å². The number of anilines is 1. The number of fused-ring (bicyclic) bond motifs is 1. The Balaban J connectivity index is 2.07. The van der Waals surface area contributed by atoms with Crippen LogP contribution in [-0.4, -0.2) is 15.9 Å². The van der Waals surface area contributed by atoms with Gasteiger partial charge in [0, 0.05) is 34.9 Å². The SMILES string of the molecule is Cc1cc(NC(C)C2CC2)c2cc([N+](=O)[O-])ccc2n1. The fraction of sp³-hybridized carbons (Fsp3) is 0.400. The molecule has 104 valence electrons. The first-order chi connectivity index (χ1) is 9.54. The van der Waals surface area contributed by atoms with Crippen LogP contribution in [-0.2, 0) is 0 Å². The molecule has 0 aliphatic heterocycles. The van der Waals surface area contributed by atoms with Crippen molar-refractivity contribution >= 4 is 22.3 Å². The topological polar surface area (TPSA) is 68.1 Å². The monoisotopic (exact) mass is 271 g/mol. The van der Waals surface area contributed by atoms with E-state index in [1.807, 2.05) is 13.0 Å². The summed E-state index contributed by atoms with van der Waals surface area (Å²) in [5.41, 5.74) is 2.75. The normalized spacial score (nSPS) is 16.1. The van der Waals surface area contributed by atoms with Crippen molar-refractivity contribution in [1.29, 1.82) is 0 Å². The first-order valence-corrected chi connectivity index (χ1v) is 6.87. The van der Waals surface area contributed by atoms with Gasteiger partial charge in [0.1, 0.15) is 0 Å². The highest BCUT2D eigenvalue weighted by Gasteiger charge is 2.28. The summed E-state index contributed by atoms with van der Waals surface area (Å²) in [6.45, 7) is 4.10. The quantitative estimate of drug-likeness (QED) is 0.680. The Bertz CT molecular complexity index is 680. The minimum Gasteiger partial charge on any atom is -0.382 e. The molecule has 3 rings (SSSR count). The van der Waals surface area contributed by atoms with Crippen molar-refractivity contribution in [1.82, 2.24) is 4.98 Å². The van der Waals surface area contributed by atoms with E-state index in [-0.39, 0.29) is 10.6 Å². The van der Waals surface area contributed by atoms with E-state index in [2.05, 4.69) is 17.2 Å². The lowest BCUT2D eigenvalue weighted by atomic mass is 10.1. The molecule has 2 aromatic rings. The van der Waals surface area contributed by atoms with Crippen molar-refractivity contribution in [3.8, 4) is 0 Å². The van der Waals surface area contributed by atoms with E-state index in [0.717, 1.165) is 28.2 Å². The molecular formula is C15H17N3O2. The fourth-order valence-corrected chi connectivity index (χ4v) is 2.54. The number of nitrogens with zero attached hydrogens (tertiary/aromatic N) is 2. The Hall–Kier alpha value is -2.17. The predicted molar refractivity (Wildman–Crippen MR) is 78.9 cm³/mol. The van der Waals surface area contributed by atoms with Crippen LogP contribution in [0.2, 0.25) is 0 Å². The Morgan fingerprint density at radius 1 is 1.40 bits per heavy atom. The third-order valence-corrected chi connectivity index (χ3v) is 3.84. The summed E-state index contributed by atoms with van der Waals surface area (Å²) in [6.07, 6.45) is 2.52. The molecule has 1 fully saturated rings. The Morgan fingerprint density at radius 2 is 2.15 bits per heavy atom. The van der Waals surface area contributed by atoms with Gasteiger partial charge in [-0.1, -0.05) is 0 Å². The van der Waals surface area contributed by atoms with E-state index >= 15 is 0 Å². The lowest BCUT2D eigenvalue weighted by molar-refractivity contribution is -0.384. The zero-order chi connectivity index (χ0) is 14.3. The molecule has 5 nitrogen and oxygen atoms in total. The van der Waals surface area contributed by atoms with Crippen LogP contribution in [0.1, 0.15) is 25.5 Å². The number of nitrogens with one attached hydrogen (secondary N) is 1. The molecule has 5 heteroatoms. The molecule has 1 saturated carbocycles. The minimum atomic E-state index is -0.368. The van der Waals surface area contributed by atoms with Gasteiger partial charge in [0.25, 0.3) is 5.69 Å². The molecule has 20 heavy (non-hydrogen) atoms. The number of nitro benzene ring substituents is 1. The number of rotatable bonds is 4. The molecule has 1 N–H and O–H groups in total. The first kappa shape index (κ1) is 12.8. The van der Waals surface area contributed by atoms with E-state index in [4.69, 9.17) is 0 Å². The molecule has 1 aliphatic carbocycles. The largest absolute Gasteiger partial charge is 0.382 e. The van der Waals surface area contributed by atoms with Crippen LogP contribution >= 0.6 is 0 Å². The maximum absolute atomic E-state index is 10.9. The molecular weight excluding hydrogens is 254 g/mol. The van der Waals surface area contributed by atoms with E-state index < -0.39 is 0 Å². The number of pyridine rings is 1. The third-order valence-electron chi connectivity index (χ3n) is 3.84. The van der Waals surface area contributed by atoms with Crippen LogP contribution in [0, 0.1) is 23.0 Å². The highest BCUT2D eigenvalue weighted by molar-refractivity contribution is 5.93. The van der Waals surface area contributed by atoms with Gasteiger partial charge >= 0.3 is 0 Å². The maximum atomic E-state index is 10.9. The van der Waals surface area contributed by atoms with Crippen LogP contribution in [0.25, 0.3) is 10.9 Å². The van der Waals surface area contributed by atoms with Crippen LogP contribution in [0.3, 0.4) is 0 Å². The molecule has 0 amide bonds. The lowest BCUT2D eigenvalue weighted by Crippen LogP contribution is -2.17. The van der Waals surface area contributed by atoms with Crippen LogP contribution in [0.4, 0.5) is 11.4 Å². The number of nitro groups is 1. The van der Waals surface area contributed by atoms with Gasteiger partial charge in [-0.3, -0.25) is 15.1 Å². The standard InChI is InChI=1S/C15H17N3O2/c1-9-7-15(17-10(2)11-3-4-11)13-8-12(18(19)20)5-6-14(13)16-9/h5-8,10-11H,3-4H2,1-2H3,(H,16,17). The zero-order valence-electron chi connectivity index (χ0n) is 11.6. The third kappa shape index (κ3) is 2.43. The molecule has 0 saturated heterocycles. The Morgan fingerprint density at radius 3 is 2.80 bits per heavy atom. The maximum Gasteiger partial charge on any atom is 0.270 e. The summed E-state index contributed by atoms with van der Waals surface area (Å²) in [5.74, 6) is 0.720. The highest BCUT2D eigenvalue weighted by Crippen LogP contribution is 2.35. The number of aromatic nitrogens is 1. The van der Waals surface area contributed by atoms with Crippen molar-refractivity contribution in [3.05, 3.63) is 40.1 Å². The van der Waals surface area contributed by atoms with Crippen molar-refractivity contribution in [2.75, 3.05) is 5.32 Å². The van der Waals surface area contributed by atoms with Crippen molar-refractivity contribution in [2.45, 2.75) is 32.7 Å². The molecule has 1 aromatic carbocycles. The number of hydrogen-bond donors (Lipinski definition) is 1. The first-order valence-electron chi connectivity index (χ1n) is 6.87. The molecule has 1 atom stereocenters. The van der Waals surface area contributed by atoms with Crippen LogP contribution < -0.4 is 5.32 Å². The van der Waals surface area contributed by atoms with Gasteiger partial charge in [-0.2, -0.15) is 0 Å². The predicted octanol–water partition coefficient (Wildman–Crippen LogP) is 3.66. The average molecular weight is 271 g/mol. The van der Waals surface area contributed by atoms with Crippen molar-refractivity contribution < 1.29 is 4.92 Å². The second kappa shape index (κ2) is 4.74. The average Bonchev–Trinajstić information content (AvgIpc) is 3.22. The van der Waals surface area contributed by atoms with E-state index in [0.29, 0.717) is 6.04 Å². The lowest BCUT2D eigenvalue weighted by Gasteiger charge is -2.16. The van der Waals surface area contributed by atoms with Gasteiger partial charge in [0.05, 0.1) is 10.4 Å². The molecule has 0 bridgehead atoms. The van der Waals surface area contributed by atoms with Gasteiger partial charge in [-0.05, 0) is 44.7 Å². The minimum absolute atomic E-state index is 0.102. The van der Waals surface area contributed by atoms with E-state index in [9.17, 15) is 10.1 Å². The molecule has 1 aromatic heterocycles. The smallest absolute Gasteiger partial charge is 0.270 e. The summed E-state index contributed by atoms with van der Waals surface area (Å²) in [6, 6.07) is 7.17. The van der Waals surface area contributed by atoms with Gasteiger partial charge in [0.15, 0.2) is 0 Å².